The van der Waals surface area contributed by atoms with Gasteiger partial charge in [-0.1, -0.05) is 291 Å². The Morgan fingerprint density at radius 2 is 0.528 bits per heavy atom. The number of hydrogen-bond acceptors (Lipinski definition) is 12. The number of fused-ring (bicyclic) bond motifs is 8. The van der Waals surface area contributed by atoms with Crippen LogP contribution in [0.2, 0.25) is 0 Å². The predicted octanol–water partition coefficient (Wildman–Crippen LogP) is 23.4. The van der Waals surface area contributed by atoms with Crippen molar-refractivity contribution in [3.8, 4) is 135 Å². The van der Waals surface area contributed by atoms with Crippen molar-refractivity contribution in [2.45, 2.75) is 0 Å². The van der Waals surface area contributed by atoms with Crippen LogP contribution in [-0.2, 0) is 0 Å². The summed E-state index contributed by atoms with van der Waals surface area (Å²) < 4.78 is 12.4. The Morgan fingerprint density at radius 3 is 1.04 bits per heavy atom. The first kappa shape index (κ1) is 62.4. The zero-order valence-corrected chi connectivity index (χ0v) is 56.8. The third-order valence-electron chi connectivity index (χ3n) is 19.2. The molecule has 0 bridgehead atoms. The topological polar surface area (TPSA) is 155 Å². The molecule has 13 aromatic carbocycles. The van der Waals surface area contributed by atoms with E-state index in [1.165, 1.54) is 11.1 Å². The molecule has 0 unspecified atom stereocenters. The van der Waals surface area contributed by atoms with Crippen molar-refractivity contribution in [3.05, 3.63) is 352 Å². The van der Waals surface area contributed by atoms with Gasteiger partial charge in [-0.05, 0) is 116 Å². The second kappa shape index (κ2) is 27.0. The first-order valence-electron chi connectivity index (χ1n) is 35.0. The van der Waals surface area contributed by atoms with E-state index in [1.54, 1.807) is 0 Å². The lowest BCUT2D eigenvalue weighted by Gasteiger charge is -2.11. The molecule has 20 aromatic rings. The number of furan rings is 2. The van der Waals surface area contributed by atoms with E-state index in [1.807, 2.05) is 134 Å². The quantitative estimate of drug-likeness (QED) is 0.114. The molecular formula is C94H58N10O2. The van der Waals surface area contributed by atoms with Crippen LogP contribution in [0, 0.1) is 0 Å². The molecule has 0 saturated carbocycles. The minimum Gasteiger partial charge on any atom is -0.438 e. The summed E-state index contributed by atoms with van der Waals surface area (Å²) in [6, 6.07) is 118. The van der Waals surface area contributed by atoms with Gasteiger partial charge >= 0.3 is 0 Å². The third kappa shape index (κ3) is 12.2. The Hall–Kier alpha value is -14.6. The smallest absolute Gasteiger partial charge is 0.246 e. The van der Waals surface area contributed by atoms with Crippen LogP contribution >= 0.6 is 0 Å². The molecule has 0 amide bonds. The third-order valence-corrected chi connectivity index (χ3v) is 19.2. The molecule has 0 aliphatic carbocycles. The van der Waals surface area contributed by atoms with E-state index in [0.717, 1.165) is 144 Å². The lowest BCUT2D eigenvalue weighted by Crippen LogP contribution is -2.00. The average Bonchev–Trinajstić information content (AvgIpc) is 1.56. The summed E-state index contributed by atoms with van der Waals surface area (Å²) in [5.74, 6) is 3.75. The molecule has 12 nitrogen and oxygen atoms in total. The Kier molecular flexibility index (Phi) is 15.9. The molecule has 0 radical (unpaired) electrons. The number of hydrogen-bond donors (Lipinski definition) is 0. The van der Waals surface area contributed by atoms with Gasteiger partial charge in [0.25, 0.3) is 0 Å². The molecule has 0 aliphatic heterocycles. The zero-order chi connectivity index (χ0) is 70.3. The van der Waals surface area contributed by atoms with Gasteiger partial charge in [-0.2, -0.15) is 0 Å². The molecule has 0 fully saturated rings. The maximum Gasteiger partial charge on any atom is 0.246 e. The van der Waals surface area contributed by atoms with E-state index < -0.39 is 0 Å². The molecule has 7 heterocycles. The van der Waals surface area contributed by atoms with Gasteiger partial charge in [0.15, 0.2) is 34.9 Å². The van der Waals surface area contributed by atoms with Gasteiger partial charge in [0, 0.05) is 55.9 Å². The van der Waals surface area contributed by atoms with E-state index in [0.29, 0.717) is 46.4 Å². The van der Waals surface area contributed by atoms with Crippen molar-refractivity contribution in [1.82, 2.24) is 49.8 Å². The van der Waals surface area contributed by atoms with Crippen LogP contribution in [0.4, 0.5) is 0 Å². The zero-order valence-electron chi connectivity index (χ0n) is 56.8. The van der Waals surface area contributed by atoms with Gasteiger partial charge in [0.05, 0.1) is 27.5 Å². The number of pyridine rings is 2. The lowest BCUT2D eigenvalue weighted by atomic mass is 9.96. The summed E-state index contributed by atoms with van der Waals surface area (Å²) in [6.07, 6.45) is 1.82. The molecule has 0 N–H and O–H groups in total. The summed E-state index contributed by atoms with van der Waals surface area (Å²) in [5, 5.41) is 2.95. The van der Waals surface area contributed by atoms with Gasteiger partial charge < -0.3 is 8.83 Å². The van der Waals surface area contributed by atoms with E-state index in [4.69, 9.17) is 58.7 Å². The highest BCUT2D eigenvalue weighted by Crippen LogP contribution is 2.42. The molecule has 7 aromatic heterocycles. The molecule has 0 aliphatic rings. The Morgan fingerprint density at radius 1 is 0.189 bits per heavy atom. The standard InChI is InChI=1S/2C47H29N5O/c1-3-11-30(12-4-1)31-22-26-35(27-23-31)45-50-44(34-13-5-2-6-14-34)51-46(52-45)37-16-9-15-36(29-37)32-20-24-33(25-21-32)41-42-38-17-7-8-19-40(38)53-47(42)49-39-18-10-28-48-43(39)41;1-3-10-30(11-4-1)31-22-24-35(25-23-31)45-50-44(34-12-5-2-6-13-34)51-46(52-45)38-15-9-14-36(28-38)32-18-20-33(21-19-32)37-26-27-39-42(29-37)53-47-43(39)48-40-16-7-8-17-41(40)49-47/h2*1-29H. The Bertz CT molecular complexity index is 6660. The SMILES string of the molecule is c1ccc(-c2ccc(-c3nc(-c4ccccc4)nc(-c4cccc(-c5ccc(-c6c7ncccc7nc7oc8ccccc8c67)cc5)c4)n3)cc2)cc1.c1ccc(-c2ccc(-c3nc(-c4ccccc4)nc(-c4cccc(-c5ccc(-c6ccc7c(c6)oc6nc8ccccc8nc67)cc5)c4)n3)cc2)cc1. The number of nitrogens with zero attached hydrogens (tertiary/aromatic N) is 10. The highest BCUT2D eigenvalue weighted by molar-refractivity contribution is 6.17. The normalized spacial score (nSPS) is 11.4. The fourth-order valence-corrected chi connectivity index (χ4v) is 13.8. The van der Waals surface area contributed by atoms with Crippen molar-refractivity contribution < 1.29 is 8.83 Å². The summed E-state index contributed by atoms with van der Waals surface area (Å²) in [4.78, 5) is 49.0. The summed E-state index contributed by atoms with van der Waals surface area (Å²) >= 11 is 0. The summed E-state index contributed by atoms with van der Waals surface area (Å²) in [7, 11) is 0. The Labute approximate surface area is 608 Å². The van der Waals surface area contributed by atoms with Crippen LogP contribution in [0.15, 0.2) is 361 Å². The van der Waals surface area contributed by atoms with Crippen molar-refractivity contribution >= 4 is 66.3 Å². The van der Waals surface area contributed by atoms with E-state index >= 15 is 0 Å². The second-order valence-corrected chi connectivity index (χ2v) is 25.9. The highest BCUT2D eigenvalue weighted by Gasteiger charge is 2.21. The first-order chi connectivity index (χ1) is 52.5. The maximum atomic E-state index is 6.21. The molecule has 0 atom stereocenters. The van der Waals surface area contributed by atoms with Gasteiger partial charge in [-0.3, -0.25) is 4.98 Å². The second-order valence-electron chi connectivity index (χ2n) is 25.9. The van der Waals surface area contributed by atoms with Crippen LogP contribution in [-0.4, -0.2) is 49.8 Å². The Balaban J connectivity index is 0.000000145. The maximum absolute atomic E-state index is 6.21. The van der Waals surface area contributed by atoms with Crippen LogP contribution in [0.1, 0.15) is 0 Å². The fraction of sp³-hybridized carbons (Fsp3) is 0. The summed E-state index contributed by atoms with van der Waals surface area (Å²) in [5.41, 5.74) is 25.5. The molecule has 106 heavy (non-hydrogen) atoms. The van der Waals surface area contributed by atoms with Crippen molar-refractivity contribution in [3.63, 3.8) is 0 Å². The molecule has 0 saturated heterocycles. The minimum absolute atomic E-state index is 0.549. The van der Waals surface area contributed by atoms with Gasteiger partial charge in [-0.25, -0.2) is 44.9 Å². The van der Waals surface area contributed by atoms with Crippen LogP contribution in [0.25, 0.3) is 201 Å². The van der Waals surface area contributed by atoms with Crippen molar-refractivity contribution in [2.75, 3.05) is 0 Å². The van der Waals surface area contributed by atoms with Crippen LogP contribution < -0.4 is 0 Å². The monoisotopic (exact) mass is 1360 g/mol. The predicted molar refractivity (Wildman–Crippen MR) is 426 cm³/mol. The molecule has 12 heteroatoms. The number of benzene rings is 13. The largest absolute Gasteiger partial charge is 0.438 e. The molecule has 0 spiro atoms. The number of para-hydroxylation sites is 3. The minimum atomic E-state index is 0.549. The molecule has 496 valence electrons. The van der Waals surface area contributed by atoms with Gasteiger partial charge in [0.1, 0.15) is 16.7 Å². The van der Waals surface area contributed by atoms with Gasteiger partial charge in [0.2, 0.25) is 11.4 Å². The van der Waals surface area contributed by atoms with E-state index in [-0.39, 0.29) is 0 Å². The molecule has 20 rings (SSSR count). The summed E-state index contributed by atoms with van der Waals surface area (Å²) in [6.45, 7) is 0. The van der Waals surface area contributed by atoms with Crippen LogP contribution in [0.5, 0.6) is 0 Å². The van der Waals surface area contributed by atoms with Crippen molar-refractivity contribution in [2.24, 2.45) is 0 Å². The highest BCUT2D eigenvalue weighted by atomic mass is 16.3. The van der Waals surface area contributed by atoms with Crippen molar-refractivity contribution in [1.29, 1.82) is 0 Å². The van der Waals surface area contributed by atoms with Crippen LogP contribution in [0.3, 0.4) is 0 Å². The number of rotatable bonds is 12. The number of aromatic nitrogens is 10. The van der Waals surface area contributed by atoms with E-state index in [2.05, 4.69) is 218 Å². The first-order valence-corrected chi connectivity index (χ1v) is 35.0. The molecular weight excluding hydrogens is 1300 g/mol. The fourth-order valence-electron chi connectivity index (χ4n) is 13.8. The van der Waals surface area contributed by atoms with E-state index in [9.17, 15) is 0 Å². The lowest BCUT2D eigenvalue weighted by molar-refractivity contribution is 0.655. The van der Waals surface area contributed by atoms with Gasteiger partial charge in [-0.15, -0.1) is 0 Å². The average molecular weight is 1360 g/mol.